The lowest BCUT2D eigenvalue weighted by molar-refractivity contribution is -0.131. The van der Waals surface area contributed by atoms with Crippen LogP contribution in [0.25, 0.3) is 10.9 Å². The van der Waals surface area contributed by atoms with E-state index >= 15 is 0 Å². The molecule has 1 unspecified atom stereocenters. The number of rotatable bonds is 3. The first-order chi connectivity index (χ1) is 11.0. The van der Waals surface area contributed by atoms with E-state index in [2.05, 4.69) is 17.2 Å². The minimum absolute atomic E-state index is 0.124. The quantitative estimate of drug-likeness (QED) is 0.864. The van der Waals surface area contributed by atoms with Gasteiger partial charge in [0.15, 0.2) is 0 Å². The van der Waals surface area contributed by atoms with E-state index < -0.39 is 0 Å². The first-order valence-electron chi connectivity index (χ1n) is 7.77. The Hall–Kier alpha value is -1.30. The number of carbonyl (C=O) groups is 1. The molecule has 1 N–H and O–H groups in total. The van der Waals surface area contributed by atoms with Crippen molar-refractivity contribution in [2.24, 2.45) is 0 Å². The molecule has 2 atom stereocenters. The number of amides is 1. The van der Waals surface area contributed by atoms with Crippen LogP contribution >= 0.6 is 23.4 Å². The van der Waals surface area contributed by atoms with E-state index in [1.165, 1.54) is 0 Å². The van der Waals surface area contributed by atoms with E-state index in [9.17, 15) is 4.79 Å². The van der Waals surface area contributed by atoms with Crippen LogP contribution in [0.5, 0.6) is 0 Å². The number of halogens is 1. The van der Waals surface area contributed by atoms with Gasteiger partial charge in [-0.3, -0.25) is 9.78 Å². The second-order valence-corrected chi connectivity index (χ2v) is 7.69. The fourth-order valence-corrected chi connectivity index (χ4v) is 4.06. The van der Waals surface area contributed by atoms with E-state index in [-0.39, 0.29) is 11.2 Å². The van der Waals surface area contributed by atoms with E-state index in [4.69, 9.17) is 11.6 Å². The number of piperazine rings is 1. The van der Waals surface area contributed by atoms with Crippen molar-refractivity contribution < 1.29 is 4.79 Å². The molecular formula is C17H20ClN3OS. The SMILES string of the molecule is CC(Sc1ccnc2cc(Cl)ccc12)C(=O)N1CCN[C@H](C)C1. The highest BCUT2D eigenvalue weighted by Gasteiger charge is 2.25. The molecule has 4 nitrogen and oxygen atoms in total. The van der Waals surface area contributed by atoms with Crippen LogP contribution in [0.3, 0.4) is 0 Å². The lowest BCUT2D eigenvalue weighted by Crippen LogP contribution is -2.53. The third-order valence-corrected chi connectivity index (χ3v) is 5.40. The number of nitrogens with one attached hydrogen (secondary N) is 1. The van der Waals surface area contributed by atoms with E-state index in [1.54, 1.807) is 18.0 Å². The first kappa shape index (κ1) is 16.6. The summed E-state index contributed by atoms with van der Waals surface area (Å²) < 4.78 is 0. The maximum atomic E-state index is 12.7. The minimum atomic E-state index is -0.124. The summed E-state index contributed by atoms with van der Waals surface area (Å²) in [7, 11) is 0. The number of aromatic nitrogens is 1. The molecule has 6 heteroatoms. The van der Waals surface area contributed by atoms with Gasteiger partial charge >= 0.3 is 0 Å². The highest BCUT2D eigenvalue weighted by molar-refractivity contribution is 8.00. The molecule has 0 spiro atoms. The third kappa shape index (κ3) is 3.79. The van der Waals surface area contributed by atoms with Gasteiger partial charge in [-0.1, -0.05) is 17.7 Å². The number of carbonyl (C=O) groups excluding carboxylic acids is 1. The van der Waals surface area contributed by atoms with Crippen molar-refractivity contribution in [3.63, 3.8) is 0 Å². The molecule has 1 amide bonds. The Labute approximate surface area is 145 Å². The third-order valence-electron chi connectivity index (χ3n) is 4.00. The van der Waals surface area contributed by atoms with Gasteiger partial charge in [-0.15, -0.1) is 11.8 Å². The van der Waals surface area contributed by atoms with Crippen LogP contribution in [0.2, 0.25) is 5.02 Å². The molecule has 0 bridgehead atoms. The van der Waals surface area contributed by atoms with Crippen LogP contribution in [-0.2, 0) is 4.79 Å². The fraction of sp³-hybridized carbons (Fsp3) is 0.412. The summed E-state index contributed by atoms with van der Waals surface area (Å²) in [6.07, 6.45) is 1.77. The summed E-state index contributed by atoms with van der Waals surface area (Å²) in [4.78, 5) is 20.1. The molecule has 2 aromatic rings. The number of thioether (sulfide) groups is 1. The van der Waals surface area contributed by atoms with Crippen molar-refractivity contribution in [2.45, 2.75) is 30.0 Å². The Balaban J connectivity index is 1.77. The lowest BCUT2D eigenvalue weighted by Gasteiger charge is -2.33. The van der Waals surface area contributed by atoms with Crippen LogP contribution in [-0.4, -0.2) is 46.7 Å². The normalized spacial score (nSPS) is 19.8. The van der Waals surface area contributed by atoms with Crippen molar-refractivity contribution in [3.05, 3.63) is 35.5 Å². The fourth-order valence-electron chi connectivity index (χ4n) is 2.83. The zero-order chi connectivity index (χ0) is 16.4. The molecule has 1 aliphatic heterocycles. The smallest absolute Gasteiger partial charge is 0.235 e. The van der Waals surface area contributed by atoms with Gasteiger partial charge in [0.05, 0.1) is 10.8 Å². The summed E-state index contributed by atoms with van der Waals surface area (Å²) in [5.41, 5.74) is 0.859. The molecule has 3 rings (SSSR count). The van der Waals surface area contributed by atoms with Gasteiger partial charge in [0.2, 0.25) is 5.91 Å². The van der Waals surface area contributed by atoms with E-state index in [0.29, 0.717) is 11.1 Å². The zero-order valence-corrected chi connectivity index (χ0v) is 14.8. The number of fused-ring (bicyclic) bond motifs is 1. The second kappa shape index (κ2) is 7.07. The molecule has 0 radical (unpaired) electrons. The highest BCUT2D eigenvalue weighted by atomic mass is 35.5. The van der Waals surface area contributed by atoms with E-state index in [1.807, 2.05) is 36.1 Å². The molecule has 0 saturated carbocycles. The predicted molar refractivity (Wildman–Crippen MR) is 96.1 cm³/mol. The van der Waals surface area contributed by atoms with Gasteiger partial charge in [-0.2, -0.15) is 0 Å². The number of nitrogens with zero attached hydrogens (tertiary/aromatic N) is 2. The van der Waals surface area contributed by atoms with Crippen LogP contribution in [0.1, 0.15) is 13.8 Å². The Morgan fingerprint density at radius 3 is 3.09 bits per heavy atom. The molecule has 1 fully saturated rings. The highest BCUT2D eigenvalue weighted by Crippen LogP contribution is 2.31. The van der Waals surface area contributed by atoms with Gasteiger partial charge in [-0.25, -0.2) is 0 Å². The second-order valence-electron chi connectivity index (χ2n) is 5.87. The number of pyridine rings is 1. The summed E-state index contributed by atoms with van der Waals surface area (Å²) in [5, 5.41) is 4.95. The number of hydrogen-bond acceptors (Lipinski definition) is 4. The Kier molecular flexibility index (Phi) is 5.09. The molecule has 1 saturated heterocycles. The molecule has 1 aromatic heterocycles. The lowest BCUT2D eigenvalue weighted by atomic mass is 10.2. The molecule has 0 aliphatic carbocycles. The summed E-state index contributed by atoms with van der Waals surface area (Å²) >= 11 is 7.62. The summed E-state index contributed by atoms with van der Waals surface area (Å²) in [5.74, 6) is 0.197. The maximum absolute atomic E-state index is 12.7. The van der Waals surface area contributed by atoms with Crippen molar-refractivity contribution in [2.75, 3.05) is 19.6 Å². The minimum Gasteiger partial charge on any atom is -0.339 e. The standard InChI is InChI=1S/C17H20ClN3OS/c1-11-10-21(8-7-19-11)17(22)12(2)23-16-5-6-20-15-9-13(18)3-4-14(15)16/h3-6,9,11-12,19H,7-8,10H2,1-2H3/t11-,12?/m1/s1. The van der Waals surface area contributed by atoms with Gasteiger partial charge in [0.25, 0.3) is 0 Å². The van der Waals surface area contributed by atoms with Crippen LogP contribution in [0.15, 0.2) is 35.4 Å². The van der Waals surface area contributed by atoms with Gasteiger partial charge in [0.1, 0.15) is 0 Å². The van der Waals surface area contributed by atoms with E-state index in [0.717, 1.165) is 35.4 Å². The van der Waals surface area contributed by atoms with Crippen molar-refractivity contribution in [1.29, 1.82) is 0 Å². The molecule has 1 aliphatic rings. The van der Waals surface area contributed by atoms with Gasteiger partial charge in [-0.05, 0) is 32.0 Å². The largest absolute Gasteiger partial charge is 0.339 e. The molecule has 2 heterocycles. The summed E-state index contributed by atoms with van der Waals surface area (Å²) in [6.45, 7) is 6.50. The molecule has 1 aromatic carbocycles. The van der Waals surface area contributed by atoms with Crippen molar-refractivity contribution in [3.8, 4) is 0 Å². The molecule has 23 heavy (non-hydrogen) atoms. The molecule has 122 valence electrons. The van der Waals surface area contributed by atoms with Crippen LogP contribution < -0.4 is 5.32 Å². The van der Waals surface area contributed by atoms with Crippen molar-refractivity contribution in [1.82, 2.24) is 15.2 Å². The zero-order valence-electron chi connectivity index (χ0n) is 13.3. The monoisotopic (exact) mass is 349 g/mol. The average Bonchev–Trinajstić information content (AvgIpc) is 2.54. The predicted octanol–water partition coefficient (Wildman–Crippen LogP) is 3.19. The summed E-state index contributed by atoms with van der Waals surface area (Å²) in [6, 6.07) is 8.00. The Bertz CT molecular complexity index is 724. The maximum Gasteiger partial charge on any atom is 0.235 e. The average molecular weight is 350 g/mol. The van der Waals surface area contributed by atoms with Crippen LogP contribution in [0, 0.1) is 0 Å². The molecular weight excluding hydrogens is 330 g/mol. The van der Waals surface area contributed by atoms with Crippen LogP contribution in [0.4, 0.5) is 0 Å². The topological polar surface area (TPSA) is 45.2 Å². The van der Waals surface area contributed by atoms with Gasteiger partial charge < -0.3 is 10.2 Å². The number of hydrogen-bond donors (Lipinski definition) is 1. The Morgan fingerprint density at radius 1 is 1.48 bits per heavy atom. The Morgan fingerprint density at radius 2 is 2.30 bits per heavy atom. The first-order valence-corrected chi connectivity index (χ1v) is 9.03. The number of benzene rings is 1. The van der Waals surface area contributed by atoms with Gasteiger partial charge in [0, 0.05) is 47.2 Å². The van der Waals surface area contributed by atoms with Crippen molar-refractivity contribution >= 4 is 40.2 Å².